The van der Waals surface area contributed by atoms with E-state index in [4.69, 9.17) is 9.47 Å². The summed E-state index contributed by atoms with van der Waals surface area (Å²) in [5.74, 6) is 0.238. The summed E-state index contributed by atoms with van der Waals surface area (Å²) in [6, 6.07) is 10.7. The molecule has 0 saturated heterocycles. The van der Waals surface area contributed by atoms with Crippen LogP contribution in [0.5, 0.6) is 11.5 Å². The van der Waals surface area contributed by atoms with E-state index >= 15 is 0 Å². The lowest BCUT2D eigenvalue weighted by molar-refractivity contribution is -0.116. The molecule has 1 aliphatic rings. The third kappa shape index (κ3) is 3.11. The lowest BCUT2D eigenvalue weighted by Crippen LogP contribution is -2.28. The molecule has 2 aromatic heterocycles. The molecule has 0 saturated carbocycles. The molecule has 3 heterocycles. The SMILES string of the molecule is O=C(Cn1cnc2c(nnn2-c2cccc(F)c2)c1=O)Nc1ccc2c(c1)OCO2. The first-order chi connectivity index (χ1) is 14.6. The number of halogens is 1. The van der Waals surface area contributed by atoms with Crippen LogP contribution in [0.25, 0.3) is 16.9 Å². The molecule has 11 heteroatoms. The van der Waals surface area contributed by atoms with Gasteiger partial charge >= 0.3 is 0 Å². The number of ether oxygens (including phenoxy) is 2. The average molecular weight is 408 g/mol. The smallest absolute Gasteiger partial charge is 0.284 e. The van der Waals surface area contributed by atoms with E-state index in [2.05, 4.69) is 20.6 Å². The third-order valence-corrected chi connectivity index (χ3v) is 4.45. The van der Waals surface area contributed by atoms with Crippen LogP contribution in [0.2, 0.25) is 0 Å². The van der Waals surface area contributed by atoms with Crippen molar-refractivity contribution in [1.82, 2.24) is 24.5 Å². The zero-order valence-electron chi connectivity index (χ0n) is 15.3. The lowest BCUT2D eigenvalue weighted by atomic mass is 10.3. The maximum absolute atomic E-state index is 13.5. The lowest BCUT2D eigenvalue weighted by Gasteiger charge is -2.08. The van der Waals surface area contributed by atoms with Gasteiger partial charge in [-0.2, -0.15) is 4.68 Å². The topological polar surface area (TPSA) is 113 Å². The Balaban J connectivity index is 1.39. The summed E-state index contributed by atoms with van der Waals surface area (Å²) >= 11 is 0. The molecule has 2 aromatic carbocycles. The quantitative estimate of drug-likeness (QED) is 0.544. The molecule has 0 unspecified atom stereocenters. The van der Waals surface area contributed by atoms with Crippen LogP contribution in [0.3, 0.4) is 0 Å². The van der Waals surface area contributed by atoms with Gasteiger partial charge in [0.25, 0.3) is 5.56 Å². The number of fused-ring (bicyclic) bond motifs is 2. The first-order valence-corrected chi connectivity index (χ1v) is 8.85. The number of amides is 1. The minimum absolute atomic E-state index is 0.0300. The van der Waals surface area contributed by atoms with Gasteiger partial charge in [-0.15, -0.1) is 5.10 Å². The van der Waals surface area contributed by atoms with Gasteiger partial charge in [-0.1, -0.05) is 11.3 Å². The summed E-state index contributed by atoms with van der Waals surface area (Å²) in [6.07, 6.45) is 1.23. The minimum atomic E-state index is -0.538. The first-order valence-electron chi connectivity index (χ1n) is 8.85. The summed E-state index contributed by atoms with van der Waals surface area (Å²) in [4.78, 5) is 29.3. The summed E-state index contributed by atoms with van der Waals surface area (Å²) in [6.45, 7) is -0.146. The van der Waals surface area contributed by atoms with Crippen LogP contribution in [0.4, 0.5) is 10.1 Å². The van der Waals surface area contributed by atoms with Crippen molar-refractivity contribution in [2.24, 2.45) is 0 Å². The van der Waals surface area contributed by atoms with Gasteiger partial charge in [0.1, 0.15) is 18.7 Å². The number of carbonyl (C=O) groups is 1. The predicted octanol–water partition coefficient (Wildman–Crippen LogP) is 1.48. The molecule has 0 spiro atoms. The second kappa shape index (κ2) is 6.95. The molecule has 0 bridgehead atoms. The van der Waals surface area contributed by atoms with Gasteiger partial charge in [-0.25, -0.2) is 9.37 Å². The van der Waals surface area contributed by atoms with Crippen LogP contribution in [-0.4, -0.2) is 37.2 Å². The molecular weight excluding hydrogens is 395 g/mol. The van der Waals surface area contributed by atoms with Crippen molar-refractivity contribution >= 4 is 22.8 Å². The number of aromatic nitrogens is 5. The van der Waals surface area contributed by atoms with Crippen LogP contribution in [0.15, 0.2) is 53.6 Å². The van der Waals surface area contributed by atoms with Crippen molar-refractivity contribution in [1.29, 1.82) is 0 Å². The molecule has 30 heavy (non-hydrogen) atoms. The molecule has 0 fully saturated rings. The van der Waals surface area contributed by atoms with E-state index in [0.717, 1.165) is 4.57 Å². The fraction of sp³-hybridized carbons (Fsp3) is 0.105. The van der Waals surface area contributed by atoms with Gasteiger partial charge in [-0.3, -0.25) is 14.2 Å². The Kier molecular flexibility index (Phi) is 4.12. The predicted molar refractivity (Wildman–Crippen MR) is 102 cm³/mol. The Morgan fingerprint density at radius 1 is 1.17 bits per heavy atom. The van der Waals surface area contributed by atoms with Crippen LogP contribution in [0, 0.1) is 5.82 Å². The zero-order valence-corrected chi connectivity index (χ0v) is 15.3. The summed E-state index contributed by atoms with van der Waals surface area (Å²) < 4.78 is 26.4. The average Bonchev–Trinajstić information content (AvgIpc) is 3.37. The van der Waals surface area contributed by atoms with Gasteiger partial charge in [0.05, 0.1) is 5.69 Å². The van der Waals surface area contributed by atoms with Crippen molar-refractivity contribution in [3.8, 4) is 17.2 Å². The number of rotatable bonds is 4. The number of nitrogens with zero attached hydrogens (tertiary/aromatic N) is 5. The van der Waals surface area contributed by atoms with E-state index in [1.54, 1.807) is 24.3 Å². The standard InChI is InChI=1S/C19H13FN6O4/c20-11-2-1-3-13(6-11)26-18-17(23-24-26)19(28)25(9-21-18)8-16(27)22-12-4-5-14-15(7-12)30-10-29-14/h1-7,9H,8,10H2,(H,22,27). The van der Waals surface area contributed by atoms with Gasteiger partial charge in [0.15, 0.2) is 22.7 Å². The summed E-state index contributed by atoms with van der Waals surface area (Å²) in [5.41, 5.74) is 0.477. The largest absolute Gasteiger partial charge is 0.454 e. The van der Waals surface area contributed by atoms with Gasteiger partial charge in [-0.05, 0) is 30.3 Å². The Hall–Kier alpha value is -4.28. The Bertz CT molecular complexity index is 1350. The van der Waals surface area contributed by atoms with E-state index in [9.17, 15) is 14.0 Å². The van der Waals surface area contributed by atoms with Crippen LogP contribution >= 0.6 is 0 Å². The molecule has 1 aliphatic heterocycles. The monoisotopic (exact) mass is 408 g/mol. The Morgan fingerprint density at radius 3 is 2.90 bits per heavy atom. The third-order valence-electron chi connectivity index (χ3n) is 4.45. The molecule has 5 rings (SSSR count). The van der Waals surface area contributed by atoms with Crippen LogP contribution < -0.4 is 20.3 Å². The maximum Gasteiger partial charge on any atom is 0.284 e. The molecular formula is C19H13FN6O4. The fourth-order valence-corrected chi connectivity index (χ4v) is 3.07. The summed E-state index contributed by atoms with van der Waals surface area (Å²) in [5, 5.41) is 10.4. The molecule has 150 valence electrons. The number of benzene rings is 2. The summed E-state index contributed by atoms with van der Waals surface area (Å²) in [7, 11) is 0. The highest BCUT2D eigenvalue weighted by molar-refractivity contribution is 5.91. The number of hydrogen-bond donors (Lipinski definition) is 1. The fourth-order valence-electron chi connectivity index (χ4n) is 3.07. The zero-order chi connectivity index (χ0) is 20.7. The van der Waals surface area contributed by atoms with Crippen molar-refractivity contribution in [3.63, 3.8) is 0 Å². The molecule has 0 aliphatic carbocycles. The van der Waals surface area contributed by atoms with Gasteiger partial charge in [0.2, 0.25) is 12.7 Å². The minimum Gasteiger partial charge on any atom is -0.454 e. The molecule has 1 amide bonds. The van der Waals surface area contributed by atoms with Crippen molar-refractivity contribution in [2.45, 2.75) is 6.54 Å². The normalized spacial score (nSPS) is 12.3. The van der Waals surface area contributed by atoms with Crippen molar-refractivity contribution in [3.05, 3.63) is 65.0 Å². The maximum atomic E-state index is 13.5. The van der Waals surface area contributed by atoms with Crippen LogP contribution in [-0.2, 0) is 11.3 Å². The molecule has 1 N–H and O–H groups in total. The molecule has 0 atom stereocenters. The van der Waals surface area contributed by atoms with Crippen LogP contribution in [0.1, 0.15) is 0 Å². The highest BCUT2D eigenvalue weighted by atomic mass is 19.1. The number of anilines is 1. The van der Waals surface area contributed by atoms with Crippen molar-refractivity contribution < 1.29 is 18.7 Å². The number of nitrogens with one attached hydrogen (secondary N) is 1. The highest BCUT2D eigenvalue weighted by Crippen LogP contribution is 2.34. The second-order valence-corrected chi connectivity index (χ2v) is 6.45. The molecule has 10 nitrogen and oxygen atoms in total. The number of hydrogen-bond acceptors (Lipinski definition) is 7. The van der Waals surface area contributed by atoms with Crippen molar-refractivity contribution in [2.75, 3.05) is 12.1 Å². The first kappa shape index (κ1) is 17.8. The van der Waals surface area contributed by atoms with E-state index in [1.165, 1.54) is 29.2 Å². The highest BCUT2D eigenvalue weighted by Gasteiger charge is 2.17. The Morgan fingerprint density at radius 2 is 2.03 bits per heavy atom. The number of carbonyl (C=O) groups excluding carboxylic acids is 1. The van der Waals surface area contributed by atoms with E-state index < -0.39 is 17.3 Å². The Labute approximate surface area is 167 Å². The van der Waals surface area contributed by atoms with Gasteiger partial charge < -0.3 is 14.8 Å². The van der Waals surface area contributed by atoms with E-state index in [-0.39, 0.29) is 24.5 Å². The van der Waals surface area contributed by atoms with E-state index in [0.29, 0.717) is 22.9 Å². The molecule has 0 radical (unpaired) electrons. The molecule has 4 aromatic rings. The van der Waals surface area contributed by atoms with E-state index in [1.807, 2.05) is 0 Å². The second-order valence-electron chi connectivity index (χ2n) is 6.45. The van der Waals surface area contributed by atoms with Gasteiger partial charge in [0, 0.05) is 11.8 Å².